The Balaban J connectivity index is 0.000000182. The van der Waals surface area contributed by atoms with Crippen molar-refractivity contribution in [3.8, 4) is 0 Å². The van der Waals surface area contributed by atoms with Gasteiger partial charge < -0.3 is 0 Å². The minimum Gasteiger partial charge on any atom is -0.274 e. The first-order valence-corrected chi connectivity index (χ1v) is 18.0. The first-order valence-electron chi connectivity index (χ1n) is 16.7. The average Bonchev–Trinajstić information content (AvgIpc) is 3.40. The Morgan fingerprint density at radius 2 is 0.729 bits per heavy atom. The lowest BCUT2D eigenvalue weighted by Crippen LogP contribution is -2.35. The van der Waals surface area contributed by atoms with Crippen molar-refractivity contribution >= 4 is 35.6 Å². The second-order valence-electron chi connectivity index (χ2n) is 12.0. The Morgan fingerprint density at radius 1 is 0.417 bits per heavy atom. The second kappa shape index (κ2) is 16.6. The molecule has 0 atom stereocenters. The number of hydrogen-bond donors (Lipinski definition) is 0. The molecule has 238 valence electrons. The number of carbonyl (C=O) groups excluding carboxylic acids is 2. The molecule has 0 fully saturated rings. The fourth-order valence-corrected chi connectivity index (χ4v) is 8.50. The molecule has 4 heteroatoms. The molecule has 0 radical (unpaired) electrons. The topological polar surface area (TPSA) is 37.4 Å². The number of rotatable bonds is 11. The summed E-state index contributed by atoms with van der Waals surface area (Å²) in [5.74, 6) is -0.0531. The van der Waals surface area contributed by atoms with Crippen molar-refractivity contribution in [1.82, 2.24) is 4.90 Å². The van der Waals surface area contributed by atoms with Gasteiger partial charge in [-0.1, -0.05) is 164 Å². The van der Waals surface area contributed by atoms with E-state index in [0.717, 1.165) is 25.7 Å². The summed E-state index contributed by atoms with van der Waals surface area (Å²) in [4.78, 5) is 27.0. The maximum Gasteiger partial charge on any atom is 0.261 e. The molecule has 0 aromatic heterocycles. The predicted molar refractivity (Wildman–Crippen MR) is 200 cm³/mol. The van der Waals surface area contributed by atoms with Crippen molar-refractivity contribution < 1.29 is 9.59 Å². The third-order valence-electron chi connectivity index (χ3n) is 8.73. The molecule has 0 saturated heterocycles. The minimum absolute atomic E-state index is 0.157. The van der Waals surface area contributed by atoms with E-state index in [0.29, 0.717) is 17.7 Å². The summed E-state index contributed by atoms with van der Waals surface area (Å²) < 4.78 is 0. The van der Waals surface area contributed by atoms with Gasteiger partial charge in [-0.2, -0.15) is 0 Å². The van der Waals surface area contributed by atoms with Gasteiger partial charge in [-0.25, -0.2) is 0 Å². The highest BCUT2D eigenvalue weighted by molar-refractivity contribution is 7.79. The first-order chi connectivity index (χ1) is 23.7. The SMILES string of the molecule is O=C1c2ccccc2C(=O)N1CC(CCc1ccccc1)CCc1ccccc1.c1ccc(P(c2ccccc2)c2ccccc2)cc1. The quantitative estimate of drug-likeness (QED) is 0.105. The average molecular weight is 646 g/mol. The van der Waals surface area contributed by atoms with Crippen molar-refractivity contribution in [2.75, 3.05) is 6.54 Å². The fraction of sp³-hybridized carbons (Fsp3) is 0.136. The molecule has 48 heavy (non-hydrogen) atoms. The standard InChI is InChI=1S/C26H25NO2.C18H15P/c28-25-23-13-7-8-14-24(23)26(29)27(25)19-22(17-15-20-9-3-1-4-10-20)18-16-21-11-5-2-6-12-21;1-4-10-16(11-5-1)19(17-12-6-2-7-13-17)18-14-8-3-9-15-18/h1-14,22H,15-19H2;1-15H. The van der Waals surface area contributed by atoms with Crippen molar-refractivity contribution in [3.63, 3.8) is 0 Å². The lowest BCUT2D eigenvalue weighted by molar-refractivity contribution is 0.0623. The van der Waals surface area contributed by atoms with Gasteiger partial charge in [0.25, 0.3) is 11.8 Å². The van der Waals surface area contributed by atoms with Gasteiger partial charge in [0.05, 0.1) is 11.1 Å². The zero-order chi connectivity index (χ0) is 33.0. The normalized spacial score (nSPS) is 12.2. The molecule has 6 aromatic carbocycles. The van der Waals surface area contributed by atoms with Gasteiger partial charge in [-0.15, -0.1) is 0 Å². The number of aryl methyl sites for hydroxylation is 2. The van der Waals surface area contributed by atoms with Gasteiger partial charge in [0.15, 0.2) is 0 Å². The molecule has 3 nitrogen and oxygen atoms in total. The minimum atomic E-state index is -0.446. The molecule has 6 aromatic rings. The molecular formula is C44H40NO2P. The highest BCUT2D eigenvalue weighted by Crippen LogP contribution is 2.32. The smallest absolute Gasteiger partial charge is 0.261 e. The number of hydrogen-bond acceptors (Lipinski definition) is 2. The number of carbonyl (C=O) groups is 2. The van der Waals surface area contributed by atoms with E-state index in [2.05, 4.69) is 140 Å². The molecular weight excluding hydrogens is 605 g/mol. The van der Waals surface area contributed by atoms with E-state index in [-0.39, 0.29) is 17.7 Å². The monoisotopic (exact) mass is 645 g/mol. The van der Waals surface area contributed by atoms with E-state index in [9.17, 15) is 9.59 Å². The number of benzene rings is 6. The highest BCUT2D eigenvalue weighted by Gasteiger charge is 2.36. The van der Waals surface area contributed by atoms with Gasteiger partial charge in [-0.05, 0) is 78.7 Å². The maximum absolute atomic E-state index is 12.8. The lowest BCUT2D eigenvalue weighted by Gasteiger charge is -2.23. The van der Waals surface area contributed by atoms with Gasteiger partial charge >= 0.3 is 0 Å². The molecule has 0 saturated carbocycles. The molecule has 1 aliphatic rings. The van der Waals surface area contributed by atoms with Crippen LogP contribution in [0.2, 0.25) is 0 Å². The largest absolute Gasteiger partial charge is 0.274 e. The van der Waals surface area contributed by atoms with Crippen LogP contribution in [0.4, 0.5) is 0 Å². The Kier molecular flexibility index (Phi) is 11.4. The van der Waals surface area contributed by atoms with E-state index < -0.39 is 7.92 Å². The lowest BCUT2D eigenvalue weighted by atomic mass is 9.92. The molecule has 0 spiro atoms. The van der Waals surface area contributed by atoms with Crippen LogP contribution in [0.25, 0.3) is 0 Å². The highest BCUT2D eigenvalue weighted by atomic mass is 31.1. The molecule has 2 amide bonds. The second-order valence-corrected chi connectivity index (χ2v) is 14.2. The summed E-state index contributed by atoms with van der Waals surface area (Å²) in [6.07, 6.45) is 3.79. The van der Waals surface area contributed by atoms with E-state index >= 15 is 0 Å². The van der Waals surface area contributed by atoms with Crippen molar-refractivity contribution in [2.45, 2.75) is 25.7 Å². The molecule has 0 unspecified atom stereocenters. The summed E-state index contributed by atoms with van der Waals surface area (Å²) >= 11 is 0. The molecule has 0 aliphatic carbocycles. The molecule has 1 aliphatic heterocycles. The van der Waals surface area contributed by atoms with Gasteiger partial charge in [0.1, 0.15) is 0 Å². The van der Waals surface area contributed by atoms with Crippen LogP contribution in [0.5, 0.6) is 0 Å². The van der Waals surface area contributed by atoms with E-state index in [1.807, 2.05) is 24.3 Å². The molecule has 0 N–H and O–H groups in total. The van der Waals surface area contributed by atoms with Crippen LogP contribution in [0.1, 0.15) is 44.7 Å². The third-order valence-corrected chi connectivity index (χ3v) is 11.2. The number of imide groups is 1. The fourth-order valence-electron chi connectivity index (χ4n) is 6.20. The van der Waals surface area contributed by atoms with Crippen LogP contribution in [0.15, 0.2) is 176 Å². The van der Waals surface area contributed by atoms with E-state index in [1.54, 1.807) is 12.1 Å². The first kappa shape index (κ1) is 32.8. The van der Waals surface area contributed by atoms with Crippen LogP contribution >= 0.6 is 7.92 Å². The summed E-state index contributed by atoms with van der Waals surface area (Å²) in [7, 11) is -0.446. The maximum atomic E-state index is 12.8. The zero-order valence-corrected chi connectivity index (χ0v) is 28.0. The summed E-state index contributed by atoms with van der Waals surface area (Å²) in [5.41, 5.74) is 3.64. The van der Waals surface area contributed by atoms with Gasteiger partial charge in [-0.3, -0.25) is 14.5 Å². The van der Waals surface area contributed by atoms with Crippen LogP contribution < -0.4 is 15.9 Å². The van der Waals surface area contributed by atoms with Crippen molar-refractivity contribution in [2.24, 2.45) is 5.92 Å². The van der Waals surface area contributed by atoms with E-state index in [4.69, 9.17) is 0 Å². The van der Waals surface area contributed by atoms with Crippen LogP contribution in [0.3, 0.4) is 0 Å². The summed E-state index contributed by atoms with van der Waals surface area (Å²) in [6, 6.07) is 60.3. The van der Waals surface area contributed by atoms with E-state index in [1.165, 1.54) is 31.9 Å². The van der Waals surface area contributed by atoms with Crippen molar-refractivity contribution in [1.29, 1.82) is 0 Å². The predicted octanol–water partition coefficient (Wildman–Crippen LogP) is 8.61. The molecule has 0 bridgehead atoms. The Morgan fingerprint density at radius 3 is 1.08 bits per heavy atom. The molecule has 1 heterocycles. The Hall–Kier alpha value is -5.11. The molecule has 7 rings (SSSR count). The summed E-state index contributed by atoms with van der Waals surface area (Å²) in [6.45, 7) is 0.478. The summed E-state index contributed by atoms with van der Waals surface area (Å²) in [5, 5.41) is 4.19. The Bertz CT molecular complexity index is 1710. The van der Waals surface area contributed by atoms with Crippen molar-refractivity contribution in [3.05, 3.63) is 198 Å². The van der Waals surface area contributed by atoms with Crippen LogP contribution in [-0.2, 0) is 12.8 Å². The number of nitrogens with zero attached hydrogens (tertiary/aromatic N) is 1. The third kappa shape index (κ3) is 8.42. The number of amides is 2. The zero-order valence-electron chi connectivity index (χ0n) is 27.1. The Labute approximate surface area is 285 Å². The number of fused-ring (bicyclic) bond motifs is 1. The van der Waals surface area contributed by atoms with Crippen LogP contribution in [0, 0.1) is 5.92 Å². The van der Waals surface area contributed by atoms with Gasteiger partial charge in [0.2, 0.25) is 0 Å². The van der Waals surface area contributed by atoms with Crippen LogP contribution in [-0.4, -0.2) is 23.3 Å². The van der Waals surface area contributed by atoms with Gasteiger partial charge in [0, 0.05) is 6.54 Å².